The zero-order valence-corrected chi connectivity index (χ0v) is 42.1. The van der Waals surface area contributed by atoms with Gasteiger partial charge < -0.3 is 25.2 Å². The van der Waals surface area contributed by atoms with Gasteiger partial charge in [0, 0.05) is 13.0 Å². The van der Waals surface area contributed by atoms with Gasteiger partial charge in [-0.05, 0) is 116 Å². The van der Waals surface area contributed by atoms with Crippen LogP contribution in [0, 0.1) is 0 Å². The van der Waals surface area contributed by atoms with Gasteiger partial charge in [-0.25, -0.2) is 4.57 Å². The third kappa shape index (κ3) is 49.6. The number of hydrogen-bond donors (Lipinski definition) is 3. The molecule has 11 heteroatoms. The first-order valence-electron chi connectivity index (χ1n) is 24.9. The molecule has 3 unspecified atom stereocenters. The molecule has 0 fully saturated rings. The number of ether oxygens (including phenoxy) is 2. The predicted octanol–water partition coefficient (Wildman–Crippen LogP) is 14.8. The van der Waals surface area contributed by atoms with Crippen molar-refractivity contribution in [3.8, 4) is 0 Å². The molecular formula is C56H88NO9P. The highest BCUT2D eigenvalue weighted by atomic mass is 31.2. The highest BCUT2D eigenvalue weighted by Gasteiger charge is 2.27. The van der Waals surface area contributed by atoms with Crippen molar-refractivity contribution in [1.29, 1.82) is 0 Å². The van der Waals surface area contributed by atoms with E-state index in [-0.39, 0.29) is 13.0 Å². The van der Waals surface area contributed by atoms with E-state index >= 15 is 0 Å². The van der Waals surface area contributed by atoms with Gasteiger partial charge in [-0.2, -0.15) is 0 Å². The van der Waals surface area contributed by atoms with E-state index in [1.54, 1.807) is 0 Å². The number of aliphatic carboxylic acids is 1. The standard InChI is InChI=1S/C56H88NO9P/c1-3-5-7-9-11-13-15-17-19-21-23-25-26-27-29-31-33-35-37-39-41-43-45-47-49-63-50-53(51-64-67(61,62)65-52-54(57)56(59)60)66-55(58)48-46-44-42-40-38-36-34-32-30-28-24-22-20-18-16-14-12-10-8-6-4-2/h5-8,11-14,17-20,23-25,27-29,32-35,39,41,53-54H,3-4,9-10,15-16,21-22,26,30-31,36-38,40,42-52,57H2,1-2H3,(H,59,60)(H,61,62)/b7-5-,8-6-,13-11-,14-12-,19-17-,20-18-,25-23-,28-24-,29-27-,34-32-,35-33-,41-39-. The Morgan fingerprint density at radius 3 is 1.22 bits per heavy atom. The van der Waals surface area contributed by atoms with Gasteiger partial charge in [0.2, 0.25) is 0 Å². The number of hydrogen-bond acceptors (Lipinski definition) is 8. The topological polar surface area (TPSA) is 155 Å². The Labute approximate surface area is 406 Å². The second kappa shape index (κ2) is 49.7. The third-order valence-electron chi connectivity index (χ3n) is 9.61. The lowest BCUT2D eigenvalue weighted by Crippen LogP contribution is -2.34. The van der Waals surface area contributed by atoms with Gasteiger partial charge in [0.15, 0.2) is 0 Å². The molecule has 0 rings (SSSR count). The van der Waals surface area contributed by atoms with E-state index in [4.69, 9.17) is 29.4 Å². The van der Waals surface area contributed by atoms with Crippen LogP contribution in [0.3, 0.4) is 0 Å². The molecule has 0 aliphatic carbocycles. The third-order valence-corrected chi connectivity index (χ3v) is 10.6. The second-order valence-electron chi connectivity index (χ2n) is 15.8. The van der Waals surface area contributed by atoms with Crippen LogP contribution >= 0.6 is 7.82 Å². The number of allylic oxidation sites excluding steroid dienone is 24. The number of rotatable bonds is 45. The molecule has 0 bridgehead atoms. The lowest BCUT2D eigenvalue weighted by Gasteiger charge is -2.20. The van der Waals surface area contributed by atoms with Crippen molar-refractivity contribution in [2.75, 3.05) is 26.4 Å². The van der Waals surface area contributed by atoms with E-state index in [2.05, 4.69) is 160 Å². The first-order valence-corrected chi connectivity index (χ1v) is 26.4. The van der Waals surface area contributed by atoms with E-state index < -0.39 is 45.1 Å². The van der Waals surface area contributed by atoms with Crippen molar-refractivity contribution in [2.24, 2.45) is 5.73 Å². The fourth-order valence-corrected chi connectivity index (χ4v) is 6.62. The summed E-state index contributed by atoms with van der Waals surface area (Å²) >= 11 is 0. The Morgan fingerprint density at radius 2 is 0.821 bits per heavy atom. The number of nitrogens with two attached hydrogens (primary N) is 1. The monoisotopic (exact) mass is 950 g/mol. The van der Waals surface area contributed by atoms with Gasteiger partial charge in [0.05, 0.1) is 19.8 Å². The number of carbonyl (C=O) groups excluding carboxylic acids is 1. The average Bonchev–Trinajstić information content (AvgIpc) is 3.31. The summed E-state index contributed by atoms with van der Waals surface area (Å²) in [5, 5.41) is 8.93. The molecule has 0 heterocycles. The number of carboxylic acid groups (broad SMARTS) is 1. The maximum atomic E-state index is 12.7. The smallest absolute Gasteiger partial charge is 0.472 e. The summed E-state index contributed by atoms with van der Waals surface area (Å²) in [5.74, 6) is -1.83. The van der Waals surface area contributed by atoms with Crippen molar-refractivity contribution in [3.63, 3.8) is 0 Å². The molecule has 0 spiro atoms. The van der Waals surface area contributed by atoms with Gasteiger partial charge in [0.25, 0.3) is 0 Å². The van der Waals surface area contributed by atoms with Crippen molar-refractivity contribution in [1.82, 2.24) is 0 Å². The molecule has 67 heavy (non-hydrogen) atoms. The quantitative estimate of drug-likeness (QED) is 0.0233. The summed E-state index contributed by atoms with van der Waals surface area (Å²) in [7, 11) is -4.65. The number of carbonyl (C=O) groups is 2. The number of phosphoric acid groups is 1. The van der Waals surface area contributed by atoms with Crippen LogP contribution in [0.5, 0.6) is 0 Å². The lowest BCUT2D eigenvalue weighted by molar-refractivity contribution is -0.154. The van der Waals surface area contributed by atoms with Crippen molar-refractivity contribution in [3.05, 3.63) is 146 Å². The number of unbranched alkanes of at least 4 members (excludes halogenated alkanes) is 7. The number of phosphoric ester groups is 1. The van der Waals surface area contributed by atoms with Crippen LogP contribution in [0.1, 0.15) is 155 Å². The lowest BCUT2D eigenvalue weighted by atomic mass is 10.1. The van der Waals surface area contributed by atoms with Gasteiger partial charge in [0.1, 0.15) is 12.1 Å². The van der Waals surface area contributed by atoms with E-state index in [0.717, 1.165) is 128 Å². The van der Waals surface area contributed by atoms with Crippen molar-refractivity contribution >= 4 is 19.8 Å². The molecule has 0 aromatic rings. The molecule has 3 atom stereocenters. The van der Waals surface area contributed by atoms with Gasteiger partial charge in [-0.1, -0.05) is 179 Å². The highest BCUT2D eigenvalue weighted by molar-refractivity contribution is 7.47. The molecule has 0 amide bonds. The Bertz CT molecular complexity index is 1610. The Morgan fingerprint density at radius 1 is 0.478 bits per heavy atom. The summed E-state index contributed by atoms with van der Waals surface area (Å²) in [5.41, 5.74) is 5.37. The van der Waals surface area contributed by atoms with Crippen LogP contribution in [0.2, 0.25) is 0 Å². The fraction of sp³-hybridized carbons (Fsp3) is 0.536. The minimum absolute atomic E-state index is 0.0330. The fourth-order valence-electron chi connectivity index (χ4n) is 5.84. The Balaban J connectivity index is 4.35. The SMILES string of the molecule is CC/C=C\C/C=C\C/C=C\C/C=C\C/C=C\C/C=C\C/C=C\CCCCOCC(COP(=O)(O)OCC(N)C(=O)O)OC(=O)CCCCCCC/C=C\C/C=C\C/C=C\C/C=C\C/C=C\CC. The van der Waals surface area contributed by atoms with Crippen LogP contribution in [-0.2, 0) is 32.7 Å². The number of esters is 1. The molecule has 0 aromatic carbocycles. The Hall–Kier alpha value is -4.15. The Kier molecular flexibility index (Phi) is 46.7. The van der Waals surface area contributed by atoms with E-state index in [0.29, 0.717) is 13.0 Å². The highest BCUT2D eigenvalue weighted by Crippen LogP contribution is 2.43. The zero-order valence-electron chi connectivity index (χ0n) is 41.2. The molecule has 0 saturated carbocycles. The summed E-state index contributed by atoms with van der Waals surface area (Å²) in [6, 6.07) is -1.49. The molecule has 10 nitrogen and oxygen atoms in total. The minimum Gasteiger partial charge on any atom is -0.480 e. The number of carboxylic acids is 1. The summed E-state index contributed by atoms with van der Waals surface area (Å²) < 4.78 is 33.4. The predicted molar refractivity (Wildman–Crippen MR) is 281 cm³/mol. The van der Waals surface area contributed by atoms with Crippen LogP contribution in [0.4, 0.5) is 0 Å². The average molecular weight is 950 g/mol. The normalized spacial score (nSPS) is 14.9. The van der Waals surface area contributed by atoms with E-state index in [1.165, 1.54) is 0 Å². The van der Waals surface area contributed by atoms with Gasteiger partial charge in [-0.15, -0.1) is 0 Å². The first kappa shape index (κ1) is 62.8. The zero-order chi connectivity index (χ0) is 49.0. The largest absolute Gasteiger partial charge is 0.480 e. The first-order chi connectivity index (χ1) is 32.7. The molecular weight excluding hydrogens is 862 g/mol. The molecule has 4 N–H and O–H groups in total. The summed E-state index contributed by atoms with van der Waals surface area (Å²) in [6.07, 6.45) is 71.9. The van der Waals surface area contributed by atoms with Gasteiger partial charge >= 0.3 is 19.8 Å². The maximum absolute atomic E-state index is 12.7. The second-order valence-corrected chi connectivity index (χ2v) is 17.3. The molecule has 0 saturated heterocycles. The van der Waals surface area contributed by atoms with E-state index in [1.807, 2.05) is 0 Å². The van der Waals surface area contributed by atoms with Crippen LogP contribution in [0.25, 0.3) is 0 Å². The molecule has 0 aromatic heterocycles. The van der Waals surface area contributed by atoms with E-state index in [9.17, 15) is 19.0 Å². The van der Waals surface area contributed by atoms with Crippen LogP contribution < -0.4 is 5.73 Å². The summed E-state index contributed by atoms with van der Waals surface area (Å²) in [4.78, 5) is 33.7. The molecule has 376 valence electrons. The minimum atomic E-state index is -4.65. The molecule has 0 aliphatic rings. The molecule has 0 radical (unpaired) electrons. The van der Waals surface area contributed by atoms with Crippen LogP contribution in [0.15, 0.2) is 146 Å². The van der Waals surface area contributed by atoms with Crippen LogP contribution in [-0.4, -0.2) is 60.5 Å². The summed E-state index contributed by atoms with van der Waals surface area (Å²) in [6.45, 7) is 3.49. The molecule has 0 aliphatic heterocycles. The maximum Gasteiger partial charge on any atom is 0.472 e. The van der Waals surface area contributed by atoms with Gasteiger partial charge in [-0.3, -0.25) is 18.6 Å². The van der Waals surface area contributed by atoms with Crippen molar-refractivity contribution < 1.29 is 42.7 Å². The van der Waals surface area contributed by atoms with Crippen molar-refractivity contribution in [2.45, 2.75) is 167 Å².